The average molecular weight is 370 g/mol. The molecule has 0 aliphatic carbocycles. The number of nitrogens with zero attached hydrogens (tertiary/aromatic N) is 3. The van der Waals surface area contributed by atoms with E-state index in [-0.39, 0.29) is 24.8 Å². The van der Waals surface area contributed by atoms with Crippen LogP contribution in [0, 0.1) is 0 Å². The summed E-state index contributed by atoms with van der Waals surface area (Å²) in [7, 11) is 0. The van der Waals surface area contributed by atoms with Crippen molar-refractivity contribution in [3.05, 3.63) is 51.6 Å². The van der Waals surface area contributed by atoms with E-state index < -0.39 is 11.2 Å². The number of aromatic nitrogens is 5. The lowest BCUT2D eigenvalue weighted by molar-refractivity contribution is 1.09. The topological polar surface area (TPSA) is 104 Å². The maximum atomic E-state index is 11.8. The molecule has 23 heavy (non-hydrogen) atoms. The van der Waals surface area contributed by atoms with Crippen molar-refractivity contribution in [2.45, 2.75) is 0 Å². The zero-order chi connectivity index (χ0) is 14.4. The van der Waals surface area contributed by atoms with Crippen molar-refractivity contribution in [2.75, 3.05) is 0 Å². The number of fused-ring (bicyclic) bond motifs is 3. The fourth-order valence-corrected chi connectivity index (χ4v) is 3.04. The van der Waals surface area contributed by atoms with Crippen molar-refractivity contribution in [1.29, 1.82) is 0 Å². The number of thiophene rings is 1. The highest BCUT2D eigenvalue weighted by molar-refractivity contribution is 7.25. The van der Waals surface area contributed by atoms with Gasteiger partial charge >= 0.3 is 5.69 Å². The van der Waals surface area contributed by atoms with Crippen molar-refractivity contribution in [2.24, 2.45) is 0 Å². The Kier molecular flexibility index (Phi) is 4.79. The van der Waals surface area contributed by atoms with E-state index in [1.807, 2.05) is 6.07 Å². The number of nitrogens with one attached hydrogen (secondary N) is 2. The van der Waals surface area contributed by atoms with Crippen LogP contribution in [0.5, 0.6) is 0 Å². The van der Waals surface area contributed by atoms with Gasteiger partial charge in [0.25, 0.3) is 5.56 Å². The highest BCUT2D eigenvalue weighted by Crippen LogP contribution is 2.28. The monoisotopic (exact) mass is 369 g/mol. The Morgan fingerprint density at radius 2 is 1.91 bits per heavy atom. The minimum Gasteiger partial charge on any atom is -0.304 e. The van der Waals surface area contributed by atoms with E-state index in [1.54, 1.807) is 24.7 Å². The maximum Gasteiger partial charge on any atom is 0.326 e. The van der Waals surface area contributed by atoms with Crippen molar-refractivity contribution in [3.63, 3.8) is 0 Å². The van der Waals surface area contributed by atoms with Gasteiger partial charge < -0.3 is 4.98 Å². The third kappa shape index (κ3) is 2.83. The van der Waals surface area contributed by atoms with Gasteiger partial charge in [-0.2, -0.15) is 0 Å². The highest BCUT2D eigenvalue weighted by atomic mass is 35.5. The Bertz CT molecular complexity index is 1090. The summed E-state index contributed by atoms with van der Waals surface area (Å²) in [6.45, 7) is 0. The van der Waals surface area contributed by atoms with E-state index in [4.69, 9.17) is 0 Å². The van der Waals surface area contributed by atoms with Crippen LogP contribution < -0.4 is 11.2 Å². The molecule has 118 valence electrons. The summed E-state index contributed by atoms with van der Waals surface area (Å²) >= 11 is 1.20. The summed E-state index contributed by atoms with van der Waals surface area (Å²) in [5, 5.41) is 0. The van der Waals surface area contributed by atoms with E-state index in [0.29, 0.717) is 26.3 Å². The van der Waals surface area contributed by atoms with E-state index in [2.05, 4.69) is 24.9 Å². The van der Waals surface area contributed by atoms with Crippen molar-refractivity contribution in [3.8, 4) is 11.3 Å². The van der Waals surface area contributed by atoms with Crippen LogP contribution in [0.2, 0.25) is 0 Å². The van der Waals surface area contributed by atoms with Crippen molar-refractivity contribution >= 4 is 56.7 Å². The van der Waals surface area contributed by atoms with E-state index in [1.165, 1.54) is 11.3 Å². The van der Waals surface area contributed by atoms with Gasteiger partial charge in [0, 0.05) is 18.0 Å². The van der Waals surface area contributed by atoms with Gasteiger partial charge in [0.2, 0.25) is 0 Å². The van der Waals surface area contributed by atoms with Crippen LogP contribution >= 0.6 is 36.2 Å². The first kappa shape index (κ1) is 17.1. The molecular weight excluding hydrogens is 361 g/mol. The zero-order valence-electron chi connectivity index (χ0n) is 11.3. The van der Waals surface area contributed by atoms with Crippen LogP contribution in [0.15, 0.2) is 40.3 Å². The first-order valence-corrected chi connectivity index (χ1v) is 6.86. The Balaban J connectivity index is 0.000000960. The molecular formula is C13H9Cl2N5O2S. The molecule has 0 saturated heterocycles. The van der Waals surface area contributed by atoms with Crippen LogP contribution in [0.25, 0.3) is 31.8 Å². The van der Waals surface area contributed by atoms with Crippen LogP contribution in [0.4, 0.5) is 0 Å². The molecule has 4 aromatic heterocycles. The first-order chi connectivity index (χ1) is 10.2. The molecule has 0 spiro atoms. The third-order valence-corrected chi connectivity index (χ3v) is 4.12. The molecule has 0 radical (unpaired) electrons. The van der Waals surface area contributed by atoms with Crippen LogP contribution in [0.3, 0.4) is 0 Å². The van der Waals surface area contributed by atoms with Gasteiger partial charge in [0.05, 0.1) is 17.4 Å². The second-order valence-electron chi connectivity index (χ2n) is 4.37. The lowest BCUT2D eigenvalue weighted by Crippen LogP contribution is -2.20. The van der Waals surface area contributed by atoms with Gasteiger partial charge in [-0.25, -0.2) is 14.8 Å². The van der Waals surface area contributed by atoms with Gasteiger partial charge in [0.1, 0.15) is 15.0 Å². The number of pyridine rings is 1. The van der Waals surface area contributed by atoms with Gasteiger partial charge in [0.15, 0.2) is 0 Å². The Labute approximate surface area is 144 Å². The minimum absolute atomic E-state index is 0. The summed E-state index contributed by atoms with van der Waals surface area (Å²) in [5.41, 5.74) is 1.40. The van der Waals surface area contributed by atoms with Crippen molar-refractivity contribution in [1.82, 2.24) is 24.9 Å². The predicted octanol–water partition coefficient (Wildman–Crippen LogP) is 2.13. The lowest BCUT2D eigenvalue weighted by atomic mass is 10.2. The van der Waals surface area contributed by atoms with E-state index in [0.717, 1.165) is 5.56 Å². The molecule has 0 bridgehead atoms. The Morgan fingerprint density at radius 1 is 1.09 bits per heavy atom. The standard InChI is InChI=1S/C13H7N5O2S.2ClH/c19-11-10-8(17-13(20)18-11)9-12(21-10)15-5-7(16-9)6-2-1-3-14-4-6;;/h1-5H,(H2,17,18,19,20);2*1H. The second kappa shape index (κ2) is 6.45. The Morgan fingerprint density at radius 3 is 2.65 bits per heavy atom. The van der Waals surface area contributed by atoms with E-state index >= 15 is 0 Å². The molecule has 4 aromatic rings. The van der Waals surface area contributed by atoms with Crippen LogP contribution in [-0.2, 0) is 0 Å². The SMILES string of the molecule is Cl.Cl.O=c1[nH]c(=O)c2sc3ncc(-c4cccnc4)nc3c2[nH]1. The number of hydrogen-bond acceptors (Lipinski definition) is 6. The van der Waals surface area contributed by atoms with Gasteiger partial charge in [-0.05, 0) is 12.1 Å². The summed E-state index contributed by atoms with van der Waals surface area (Å²) < 4.78 is 0.410. The van der Waals surface area contributed by atoms with E-state index in [9.17, 15) is 9.59 Å². The molecule has 0 unspecified atom stereocenters. The number of rotatable bonds is 1. The number of H-pyrrole nitrogens is 2. The quantitative estimate of drug-likeness (QED) is 0.534. The molecule has 0 saturated carbocycles. The van der Waals surface area contributed by atoms with Crippen LogP contribution in [-0.4, -0.2) is 24.9 Å². The van der Waals surface area contributed by atoms with Gasteiger partial charge in [-0.3, -0.25) is 14.8 Å². The molecule has 0 aliphatic heterocycles. The first-order valence-electron chi connectivity index (χ1n) is 6.04. The fourth-order valence-electron chi connectivity index (χ4n) is 2.10. The lowest BCUT2D eigenvalue weighted by Gasteiger charge is -1.99. The number of aromatic amines is 2. The predicted molar refractivity (Wildman–Crippen MR) is 93.9 cm³/mol. The zero-order valence-corrected chi connectivity index (χ0v) is 13.7. The third-order valence-electron chi connectivity index (χ3n) is 3.03. The molecule has 0 aromatic carbocycles. The second-order valence-corrected chi connectivity index (χ2v) is 5.36. The average Bonchev–Trinajstić information content (AvgIpc) is 2.86. The number of hydrogen-bond donors (Lipinski definition) is 2. The number of halogens is 2. The molecule has 4 rings (SSSR count). The minimum atomic E-state index is -0.555. The highest BCUT2D eigenvalue weighted by Gasteiger charge is 2.13. The molecule has 0 aliphatic rings. The normalized spacial score (nSPS) is 10.3. The molecule has 10 heteroatoms. The largest absolute Gasteiger partial charge is 0.326 e. The Hall–Kier alpha value is -2.29. The van der Waals surface area contributed by atoms with Crippen LogP contribution in [0.1, 0.15) is 0 Å². The molecule has 2 N–H and O–H groups in total. The summed E-state index contributed by atoms with van der Waals surface area (Å²) in [6.07, 6.45) is 4.98. The van der Waals surface area contributed by atoms with Gasteiger partial charge in [-0.15, -0.1) is 36.2 Å². The molecule has 0 amide bonds. The summed E-state index contributed by atoms with van der Waals surface area (Å²) in [4.78, 5) is 41.5. The fraction of sp³-hybridized carbons (Fsp3) is 0. The molecule has 7 nitrogen and oxygen atoms in total. The smallest absolute Gasteiger partial charge is 0.304 e. The summed E-state index contributed by atoms with van der Waals surface area (Å²) in [5.74, 6) is 0. The molecule has 4 heterocycles. The van der Waals surface area contributed by atoms with Crippen molar-refractivity contribution < 1.29 is 0 Å². The summed E-state index contributed by atoms with van der Waals surface area (Å²) in [6, 6.07) is 3.67. The molecule has 0 atom stereocenters. The molecule has 0 fully saturated rings. The maximum absolute atomic E-state index is 11.8. The van der Waals surface area contributed by atoms with Gasteiger partial charge in [-0.1, -0.05) is 0 Å².